The van der Waals surface area contributed by atoms with E-state index in [0.717, 1.165) is 25.7 Å². The van der Waals surface area contributed by atoms with Crippen molar-refractivity contribution < 1.29 is 9.53 Å². The molecule has 0 atom stereocenters. The maximum Gasteiger partial charge on any atom is 0.316 e. The Morgan fingerprint density at radius 2 is 1.79 bits per heavy atom. The van der Waals surface area contributed by atoms with Crippen LogP contribution in [0.2, 0.25) is 0 Å². The Morgan fingerprint density at radius 3 is 2.42 bits per heavy atom. The van der Waals surface area contributed by atoms with Gasteiger partial charge in [-0.2, -0.15) is 5.26 Å². The van der Waals surface area contributed by atoms with Crippen LogP contribution in [0.3, 0.4) is 0 Å². The number of nitrogens with one attached hydrogen (secondary N) is 1. The fraction of sp³-hybridized carbons (Fsp3) is 0.333. The SMILES string of the molecule is N#Cc1ccc(C(=O)NC2CCC(Oc3ncccn3)CC2)cc1. The molecule has 1 heterocycles. The van der Waals surface area contributed by atoms with Gasteiger partial charge in [0.2, 0.25) is 0 Å². The van der Waals surface area contributed by atoms with E-state index in [9.17, 15) is 4.79 Å². The number of rotatable bonds is 4. The van der Waals surface area contributed by atoms with Gasteiger partial charge in [-0.3, -0.25) is 4.79 Å². The van der Waals surface area contributed by atoms with Gasteiger partial charge in [-0.1, -0.05) is 0 Å². The minimum atomic E-state index is -0.102. The first-order valence-electron chi connectivity index (χ1n) is 7.99. The Kier molecular flexibility index (Phi) is 5.02. The number of nitrogens with zero attached hydrogens (tertiary/aromatic N) is 3. The van der Waals surface area contributed by atoms with Crippen LogP contribution in [-0.2, 0) is 0 Å². The fourth-order valence-corrected chi connectivity index (χ4v) is 2.79. The quantitative estimate of drug-likeness (QED) is 0.934. The van der Waals surface area contributed by atoms with Crippen LogP contribution in [0, 0.1) is 11.3 Å². The molecule has 3 rings (SSSR count). The lowest BCUT2D eigenvalue weighted by molar-refractivity contribution is 0.0885. The van der Waals surface area contributed by atoms with E-state index in [-0.39, 0.29) is 18.1 Å². The van der Waals surface area contributed by atoms with Gasteiger partial charge in [0.25, 0.3) is 5.91 Å². The van der Waals surface area contributed by atoms with Crippen LogP contribution >= 0.6 is 0 Å². The molecule has 0 spiro atoms. The van der Waals surface area contributed by atoms with Gasteiger partial charge >= 0.3 is 6.01 Å². The van der Waals surface area contributed by atoms with Crippen molar-refractivity contribution in [3.63, 3.8) is 0 Å². The van der Waals surface area contributed by atoms with Crippen LogP contribution < -0.4 is 10.1 Å². The summed E-state index contributed by atoms with van der Waals surface area (Å²) >= 11 is 0. The lowest BCUT2D eigenvalue weighted by Crippen LogP contribution is -2.39. The van der Waals surface area contributed by atoms with Crippen molar-refractivity contribution in [2.75, 3.05) is 0 Å². The van der Waals surface area contributed by atoms with E-state index in [1.54, 1.807) is 42.7 Å². The standard InChI is InChI=1S/C18H18N4O2/c19-12-13-2-4-14(5-3-13)17(23)22-15-6-8-16(9-7-15)24-18-20-10-1-11-21-18/h1-5,10-11,15-16H,6-9H2,(H,22,23). The summed E-state index contributed by atoms with van der Waals surface area (Å²) in [5.74, 6) is -0.102. The summed E-state index contributed by atoms with van der Waals surface area (Å²) < 4.78 is 5.75. The normalized spacial score (nSPS) is 20.0. The van der Waals surface area contributed by atoms with Gasteiger partial charge in [0.15, 0.2) is 0 Å². The number of carbonyl (C=O) groups is 1. The average molecular weight is 322 g/mol. The number of hydrogen-bond donors (Lipinski definition) is 1. The molecule has 1 fully saturated rings. The van der Waals surface area contributed by atoms with E-state index < -0.39 is 0 Å². The molecule has 1 aromatic carbocycles. The molecular formula is C18H18N4O2. The number of benzene rings is 1. The summed E-state index contributed by atoms with van der Waals surface area (Å²) in [7, 11) is 0. The van der Waals surface area contributed by atoms with Crippen LogP contribution in [0.15, 0.2) is 42.7 Å². The molecule has 1 amide bonds. The summed E-state index contributed by atoms with van der Waals surface area (Å²) in [4.78, 5) is 20.4. The van der Waals surface area contributed by atoms with E-state index in [2.05, 4.69) is 15.3 Å². The maximum absolute atomic E-state index is 12.2. The second-order valence-electron chi connectivity index (χ2n) is 5.79. The number of nitriles is 1. The zero-order valence-electron chi connectivity index (χ0n) is 13.2. The predicted octanol–water partition coefficient (Wildman–Crippen LogP) is 2.47. The molecule has 6 heteroatoms. The highest BCUT2D eigenvalue weighted by Gasteiger charge is 2.24. The number of ether oxygens (including phenoxy) is 1. The van der Waals surface area contributed by atoms with E-state index in [0.29, 0.717) is 17.1 Å². The Labute approximate surface area is 140 Å². The van der Waals surface area contributed by atoms with E-state index >= 15 is 0 Å². The van der Waals surface area contributed by atoms with E-state index in [4.69, 9.17) is 10.00 Å². The van der Waals surface area contributed by atoms with Crippen LogP contribution in [-0.4, -0.2) is 28.0 Å². The van der Waals surface area contributed by atoms with Crippen molar-refractivity contribution in [2.24, 2.45) is 0 Å². The molecule has 0 unspecified atom stereocenters. The number of amides is 1. The molecule has 1 aliphatic carbocycles. The Balaban J connectivity index is 1.48. The lowest BCUT2D eigenvalue weighted by atomic mass is 9.92. The van der Waals surface area contributed by atoms with Gasteiger partial charge in [0.05, 0.1) is 11.6 Å². The smallest absolute Gasteiger partial charge is 0.316 e. The molecule has 2 aromatic rings. The minimum absolute atomic E-state index is 0.0930. The predicted molar refractivity (Wildman–Crippen MR) is 87.3 cm³/mol. The van der Waals surface area contributed by atoms with Crippen molar-refractivity contribution in [2.45, 2.75) is 37.8 Å². The monoisotopic (exact) mass is 322 g/mol. The first kappa shape index (κ1) is 15.9. The molecule has 1 aromatic heterocycles. The summed E-state index contributed by atoms with van der Waals surface area (Å²) in [5.41, 5.74) is 1.12. The molecule has 122 valence electrons. The highest BCUT2D eigenvalue weighted by Crippen LogP contribution is 2.22. The molecule has 0 saturated heterocycles. The molecule has 24 heavy (non-hydrogen) atoms. The Hall–Kier alpha value is -2.94. The molecule has 0 bridgehead atoms. The van der Waals surface area contributed by atoms with Crippen molar-refractivity contribution in [3.8, 4) is 12.1 Å². The molecule has 6 nitrogen and oxygen atoms in total. The number of aromatic nitrogens is 2. The molecule has 0 radical (unpaired) electrons. The molecule has 0 aliphatic heterocycles. The lowest BCUT2D eigenvalue weighted by Gasteiger charge is -2.28. The van der Waals surface area contributed by atoms with Crippen LogP contribution in [0.25, 0.3) is 0 Å². The summed E-state index contributed by atoms with van der Waals surface area (Å²) in [6.45, 7) is 0. The molecular weight excluding hydrogens is 304 g/mol. The van der Waals surface area contributed by atoms with Crippen LogP contribution in [0.5, 0.6) is 6.01 Å². The highest BCUT2D eigenvalue weighted by molar-refractivity contribution is 5.94. The summed E-state index contributed by atoms with van der Waals surface area (Å²) in [5, 5.41) is 11.8. The van der Waals surface area contributed by atoms with Gasteiger partial charge < -0.3 is 10.1 Å². The van der Waals surface area contributed by atoms with Crippen molar-refractivity contribution in [1.29, 1.82) is 5.26 Å². The zero-order valence-corrected chi connectivity index (χ0v) is 13.2. The van der Waals surface area contributed by atoms with Gasteiger partial charge in [-0.15, -0.1) is 0 Å². The third-order valence-corrected chi connectivity index (χ3v) is 4.10. The fourth-order valence-electron chi connectivity index (χ4n) is 2.79. The van der Waals surface area contributed by atoms with Gasteiger partial charge in [-0.05, 0) is 56.0 Å². The first-order chi connectivity index (χ1) is 11.7. The summed E-state index contributed by atoms with van der Waals surface area (Å²) in [6.07, 6.45) is 6.85. The molecule has 1 saturated carbocycles. The average Bonchev–Trinajstić information content (AvgIpc) is 2.64. The first-order valence-corrected chi connectivity index (χ1v) is 7.99. The molecule has 1 N–H and O–H groups in total. The topological polar surface area (TPSA) is 87.9 Å². The Bertz CT molecular complexity index is 717. The molecule has 1 aliphatic rings. The number of carbonyl (C=O) groups excluding carboxylic acids is 1. The van der Waals surface area contributed by atoms with Crippen molar-refractivity contribution >= 4 is 5.91 Å². The third-order valence-electron chi connectivity index (χ3n) is 4.10. The Morgan fingerprint density at radius 1 is 1.12 bits per heavy atom. The number of hydrogen-bond acceptors (Lipinski definition) is 5. The zero-order chi connectivity index (χ0) is 16.8. The second-order valence-corrected chi connectivity index (χ2v) is 5.79. The van der Waals surface area contributed by atoms with Crippen molar-refractivity contribution in [1.82, 2.24) is 15.3 Å². The maximum atomic E-state index is 12.2. The highest BCUT2D eigenvalue weighted by atomic mass is 16.5. The second kappa shape index (κ2) is 7.55. The third kappa shape index (κ3) is 4.07. The van der Waals surface area contributed by atoms with Crippen LogP contribution in [0.1, 0.15) is 41.6 Å². The van der Waals surface area contributed by atoms with Gasteiger partial charge in [0.1, 0.15) is 6.10 Å². The van der Waals surface area contributed by atoms with Gasteiger partial charge in [0, 0.05) is 24.0 Å². The van der Waals surface area contributed by atoms with E-state index in [1.807, 2.05) is 6.07 Å². The largest absolute Gasteiger partial charge is 0.460 e. The van der Waals surface area contributed by atoms with Crippen LogP contribution in [0.4, 0.5) is 0 Å². The minimum Gasteiger partial charge on any atom is -0.460 e. The summed E-state index contributed by atoms with van der Waals surface area (Å²) in [6, 6.07) is 11.0. The van der Waals surface area contributed by atoms with E-state index in [1.165, 1.54) is 0 Å². The van der Waals surface area contributed by atoms with Gasteiger partial charge in [-0.25, -0.2) is 9.97 Å². The van der Waals surface area contributed by atoms with Crippen molar-refractivity contribution in [3.05, 3.63) is 53.9 Å².